The maximum Gasteiger partial charge on any atom is 0.277 e. The number of hydrazone groups is 1. The lowest BCUT2D eigenvalue weighted by molar-refractivity contribution is -0.123. The minimum Gasteiger partial charge on any atom is -0.504 e. The molecule has 27 heavy (non-hydrogen) atoms. The fourth-order valence-corrected chi connectivity index (χ4v) is 3.00. The van der Waals surface area contributed by atoms with Gasteiger partial charge in [-0.1, -0.05) is 18.2 Å². The Labute approximate surface area is 169 Å². The van der Waals surface area contributed by atoms with E-state index in [1.54, 1.807) is 24.4 Å². The summed E-state index contributed by atoms with van der Waals surface area (Å²) in [4.78, 5) is 16.2. The van der Waals surface area contributed by atoms with Crippen LogP contribution in [0.15, 0.2) is 53.8 Å². The largest absolute Gasteiger partial charge is 0.504 e. The second-order valence-electron chi connectivity index (χ2n) is 5.47. The van der Waals surface area contributed by atoms with E-state index in [-0.39, 0.29) is 12.4 Å². The Balaban J connectivity index is 1.60. The number of halogens is 1. The lowest BCUT2D eigenvalue weighted by Crippen LogP contribution is -2.24. The molecule has 0 aliphatic rings. The Morgan fingerprint density at radius 3 is 2.93 bits per heavy atom. The molecule has 0 atom stereocenters. The highest BCUT2D eigenvalue weighted by atomic mass is 127. The van der Waals surface area contributed by atoms with Gasteiger partial charge < -0.3 is 14.6 Å². The van der Waals surface area contributed by atoms with E-state index in [1.807, 2.05) is 46.9 Å². The van der Waals surface area contributed by atoms with Crippen LogP contribution in [0.3, 0.4) is 0 Å². The molecule has 0 bridgehead atoms. The number of nitrogens with one attached hydrogen (secondary N) is 1. The lowest BCUT2D eigenvalue weighted by atomic mass is 10.2. The molecule has 0 aliphatic carbocycles. The number of carbonyl (C=O) groups excluding carboxylic acids is 1. The second kappa shape index (κ2) is 8.67. The molecule has 1 amide bonds. The summed E-state index contributed by atoms with van der Waals surface area (Å²) in [5.41, 5.74) is 3.77. The molecule has 8 heteroatoms. The lowest BCUT2D eigenvalue weighted by Gasteiger charge is -2.08. The molecule has 3 aromatic rings. The van der Waals surface area contributed by atoms with Crippen LogP contribution in [0.25, 0.3) is 10.9 Å². The summed E-state index contributed by atoms with van der Waals surface area (Å²) in [6.45, 7) is -0.191. The Hall–Kier alpha value is -2.88. The number of pyridine rings is 1. The SMILES string of the molecule is COc1cc(/C=N\NC(=O)COc2cccc3cccnc23)cc(I)c1O. The van der Waals surface area contributed by atoms with Crippen molar-refractivity contribution in [1.29, 1.82) is 0 Å². The van der Waals surface area contributed by atoms with Gasteiger partial charge in [0.05, 0.1) is 16.9 Å². The molecule has 0 saturated heterocycles. The number of rotatable bonds is 6. The summed E-state index contributed by atoms with van der Waals surface area (Å²) < 4.78 is 11.3. The van der Waals surface area contributed by atoms with Gasteiger partial charge in [0.1, 0.15) is 11.3 Å². The molecule has 0 unspecified atom stereocenters. The second-order valence-corrected chi connectivity index (χ2v) is 6.63. The normalized spacial score (nSPS) is 10.9. The number of benzene rings is 2. The molecule has 0 spiro atoms. The number of phenolic OH excluding ortho intramolecular Hbond substituents is 1. The molecule has 2 N–H and O–H groups in total. The van der Waals surface area contributed by atoms with Crippen molar-refractivity contribution in [3.8, 4) is 17.2 Å². The van der Waals surface area contributed by atoms with E-state index < -0.39 is 5.91 Å². The zero-order valence-corrected chi connectivity index (χ0v) is 16.5. The van der Waals surface area contributed by atoms with Crippen molar-refractivity contribution in [2.24, 2.45) is 5.10 Å². The van der Waals surface area contributed by atoms with Crippen molar-refractivity contribution in [3.63, 3.8) is 0 Å². The summed E-state index contributed by atoms with van der Waals surface area (Å²) in [6.07, 6.45) is 3.13. The van der Waals surface area contributed by atoms with Gasteiger partial charge in [-0.3, -0.25) is 9.78 Å². The van der Waals surface area contributed by atoms with Crippen LogP contribution in [0.2, 0.25) is 0 Å². The van der Waals surface area contributed by atoms with Gasteiger partial charge in [0.25, 0.3) is 5.91 Å². The number of aromatic nitrogens is 1. The topological polar surface area (TPSA) is 93.0 Å². The number of carbonyl (C=O) groups is 1. The van der Waals surface area contributed by atoms with Crippen LogP contribution in [0.4, 0.5) is 0 Å². The van der Waals surface area contributed by atoms with Crippen molar-refractivity contribution in [2.75, 3.05) is 13.7 Å². The van der Waals surface area contributed by atoms with Crippen LogP contribution >= 0.6 is 22.6 Å². The van der Waals surface area contributed by atoms with E-state index in [1.165, 1.54) is 13.3 Å². The zero-order valence-electron chi connectivity index (χ0n) is 14.3. The van der Waals surface area contributed by atoms with E-state index in [4.69, 9.17) is 9.47 Å². The van der Waals surface area contributed by atoms with Crippen LogP contribution in [0.5, 0.6) is 17.2 Å². The molecule has 2 aromatic carbocycles. The average molecular weight is 477 g/mol. The maximum atomic E-state index is 12.0. The zero-order chi connectivity index (χ0) is 19.2. The number of para-hydroxylation sites is 1. The molecule has 1 aromatic heterocycles. The van der Waals surface area contributed by atoms with Crippen LogP contribution < -0.4 is 14.9 Å². The molecular formula is C19H16IN3O4. The predicted octanol–water partition coefficient (Wildman–Crippen LogP) is 3.08. The van der Waals surface area contributed by atoms with Gasteiger partial charge in [-0.25, -0.2) is 5.43 Å². The van der Waals surface area contributed by atoms with E-state index in [9.17, 15) is 9.90 Å². The molecule has 138 valence electrons. The Kier molecular flexibility index (Phi) is 6.07. The predicted molar refractivity (Wildman–Crippen MR) is 110 cm³/mol. The highest BCUT2D eigenvalue weighted by molar-refractivity contribution is 14.1. The van der Waals surface area contributed by atoms with Gasteiger partial charge in [0, 0.05) is 11.6 Å². The van der Waals surface area contributed by atoms with Crippen LogP contribution in [0, 0.1) is 3.57 Å². The summed E-state index contributed by atoms with van der Waals surface area (Å²) in [7, 11) is 1.47. The van der Waals surface area contributed by atoms with Gasteiger partial charge in [-0.15, -0.1) is 0 Å². The van der Waals surface area contributed by atoms with Crippen molar-refractivity contribution < 1.29 is 19.4 Å². The summed E-state index contributed by atoms with van der Waals surface area (Å²) in [5.74, 6) is 0.530. The van der Waals surface area contributed by atoms with Crippen LogP contribution in [0.1, 0.15) is 5.56 Å². The Bertz CT molecular complexity index is 1000. The maximum absolute atomic E-state index is 12.0. The van der Waals surface area contributed by atoms with E-state index >= 15 is 0 Å². The number of ether oxygens (including phenoxy) is 2. The van der Waals surface area contributed by atoms with Gasteiger partial charge >= 0.3 is 0 Å². The van der Waals surface area contributed by atoms with Gasteiger partial charge in [-0.2, -0.15) is 5.10 Å². The first-order valence-electron chi connectivity index (χ1n) is 7.93. The smallest absolute Gasteiger partial charge is 0.277 e. The number of methoxy groups -OCH3 is 1. The number of hydrogen-bond donors (Lipinski definition) is 2. The molecule has 3 rings (SSSR count). The van der Waals surface area contributed by atoms with Crippen molar-refractivity contribution >= 4 is 45.6 Å². The molecular weight excluding hydrogens is 461 g/mol. The number of phenols is 1. The highest BCUT2D eigenvalue weighted by Crippen LogP contribution is 2.31. The van der Waals surface area contributed by atoms with Crippen molar-refractivity contribution in [1.82, 2.24) is 10.4 Å². The molecule has 1 heterocycles. The van der Waals surface area contributed by atoms with Crippen molar-refractivity contribution in [3.05, 3.63) is 57.8 Å². The van der Waals surface area contributed by atoms with Gasteiger partial charge in [-0.05, 0) is 52.4 Å². The first-order valence-corrected chi connectivity index (χ1v) is 9.01. The number of hydrogen-bond acceptors (Lipinski definition) is 6. The monoisotopic (exact) mass is 477 g/mol. The number of amides is 1. The van der Waals surface area contributed by atoms with Crippen LogP contribution in [-0.2, 0) is 4.79 Å². The highest BCUT2D eigenvalue weighted by Gasteiger charge is 2.08. The third-order valence-electron chi connectivity index (χ3n) is 3.63. The molecule has 0 aliphatic heterocycles. The summed E-state index contributed by atoms with van der Waals surface area (Å²) in [5, 5.41) is 14.7. The van der Waals surface area contributed by atoms with Crippen molar-refractivity contribution in [2.45, 2.75) is 0 Å². The quantitative estimate of drug-likeness (QED) is 0.324. The third kappa shape index (κ3) is 4.64. The van der Waals surface area contributed by atoms with Gasteiger partial charge in [0.15, 0.2) is 18.1 Å². The fraction of sp³-hybridized carbons (Fsp3) is 0.105. The Morgan fingerprint density at radius 2 is 2.11 bits per heavy atom. The first kappa shape index (κ1) is 18.9. The van der Waals surface area contributed by atoms with Crippen LogP contribution in [-0.4, -0.2) is 35.9 Å². The molecule has 0 fully saturated rings. The van der Waals surface area contributed by atoms with Gasteiger partial charge in [0.2, 0.25) is 0 Å². The minimum atomic E-state index is -0.403. The molecule has 0 radical (unpaired) electrons. The van der Waals surface area contributed by atoms with E-state index in [0.717, 1.165) is 5.39 Å². The van der Waals surface area contributed by atoms with E-state index in [0.29, 0.717) is 26.1 Å². The summed E-state index contributed by atoms with van der Waals surface area (Å²) >= 11 is 1.99. The molecule has 7 nitrogen and oxygen atoms in total. The number of fused-ring (bicyclic) bond motifs is 1. The standard InChI is InChI=1S/C19H16IN3O4/c1-26-16-9-12(8-14(20)19(16)25)10-22-23-17(24)11-27-15-6-2-4-13-5-3-7-21-18(13)15/h2-10,25H,11H2,1H3,(H,23,24)/b22-10-. The number of aromatic hydroxyl groups is 1. The average Bonchev–Trinajstić information content (AvgIpc) is 2.68. The number of nitrogens with zero attached hydrogens (tertiary/aromatic N) is 2. The first-order chi connectivity index (χ1) is 13.1. The summed E-state index contributed by atoms with van der Waals surface area (Å²) in [6, 6.07) is 12.6. The molecule has 0 saturated carbocycles. The minimum absolute atomic E-state index is 0.0661. The van der Waals surface area contributed by atoms with E-state index in [2.05, 4.69) is 15.5 Å². The third-order valence-corrected chi connectivity index (χ3v) is 4.45. The Morgan fingerprint density at radius 1 is 1.30 bits per heavy atom. The fourth-order valence-electron chi connectivity index (χ4n) is 2.37.